The Morgan fingerprint density at radius 1 is 1.22 bits per heavy atom. The highest BCUT2D eigenvalue weighted by Crippen LogP contribution is 2.24. The van der Waals surface area contributed by atoms with Gasteiger partial charge < -0.3 is 10.0 Å². The van der Waals surface area contributed by atoms with Gasteiger partial charge in [-0.3, -0.25) is 14.9 Å². The molecular weight excluding hydrogens is 236 g/mol. The minimum atomic E-state index is -0.956. The van der Waals surface area contributed by atoms with Crippen LogP contribution in [0.4, 0.5) is 4.79 Å². The molecule has 0 atom stereocenters. The zero-order valence-corrected chi connectivity index (χ0v) is 11.4. The van der Waals surface area contributed by atoms with E-state index in [1.807, 2.05) is 6.92 Å². The van der Waals surface area contributed by atoms with Crippen LogP contribution in [0.2, 0.25) is 0 Å². The van der Waals surface area contributed by atoms with E-state index in [2.05, 4.69) is 5.32 Å². The van der Waals surface area contributed by atoms with Gasteiger partial charge in [0.05, 0.1) is 6.42 Å². The molecule has 0 aliphatic carbocycles. The molecule has 0 aromatic heterocycles. The molecule has 0 unspecified atom stereocenters. The van der Waals surface area contributed by atoms with Gasteiger partial charge in [-0.1, -0.05) is 20.8 Å². The predicted molar refractivity (Wildman–Crippen MR) is 67.1 cm³/mol. The third-order valence-corrected chi connectivity index (χ3v) is 2.42. The van der Waals surface area contributed by atoms with E-state index < -0.39 is 23.3 Å². The molecule has 0 radical (unpaired) electrons. The van der Waals surface area contributed by atoms with Gasteiger partial charge in [0.15, 0.2) is 0 Å². The lowest BCUT2D eigenvalue weighted by Crippen LogP contribution is -2.42. The number of carboxylic acid groups (broad SMARTS) is 1. The molecule has 0 aromatic rings. The molecule has 0 aromatic carbocycles. The number of nitrogens with zero attached hydrogens (tertiary/aromatic N) is 1. The number of carbonyl (C=O) groups is 3. The van der Waals surface area contributed by atoms with Gasteiger partial charge in [0, 0.05) is 20.0 Å². The third-order valence-electron chi connectivity index (χ3n) is 2.42. The first-order valence-corrected chi connectivity index (χ1v) is 5.94. The van der Waals surface area contributed by atoms with Crippen LogP contribution < -0.4 is 5.32 Å². The number of nitrogens with one attached hydrogen (secondary N) is 1. The summed E-state index contributed by atoms with van der Waals surface area (Å²) in [5.74, 6) is -1.41. The minimum absolute atomic E-state index is 0.00497. The summed E-state index contributed by atoms with van der Waals surface area (Å²) in [6.07, 6.45) is 0.701. The van der Waals surface area contributed by atoms with Crippen LogP contribution in [0, 0.1) is 5.41 Å². The quantitative estimate of drug-likeness (QED) is 0.755. The summed E-state index contributed by atoms with van der Waals surface area (Å²) in [6.45, 7) is 5.86. The number of hydrogen-bond acceptors (Lipinski definition) is 3. The van der Waals surface area contributed by atoms with Gasteiger partial charge >= 0.3 is 12.0 Å². The summed E-state index contributed by atoms with van der Waals surface area (Å²) >= 11 is 0. The van der Waals surface area contributed by atoms with Crippen molar-refractivity contribution in [3.05, 3.63) is 0 Å². The molecule has 0 spiro atoms. The Balaban J connectivity index is 4.26. The first kappa shape index (κ1) is 16.4. The lowest BCUT2D eigenvalue weighted by Gasteiger charge is -2.22. The molecule has 6 nitrogen and oxygen atoms in total. The molecule has 0 fully saturated rings. The Morgan fingerprint density at radius 3 is 2.22 bits per heavy atom. The van der Waals surface area contributed by atoms with Gasteiger partial charge in [0.2, 0.25) is 5.91 Å². The van der Waals surface area contributed by atoms with Crippen molar-refractivity contribution in [1.82, 2.24) is 10.2 Å². The van der Waals surface area contributed by atoms with Crippen LogP contribution in [0.5, 0.6) is 0 Å². The van der Waals surface area contributed by atoms with Crippen LogP contribution in [-0.2, 0) is 9.59 Å². The molecule has 0 aliphatic rings. The summed E-state index contributed by atoms with van der Waals surface area (Å²) in [6, 6.07) is -0.451. The fraction of sp³-hybridized carbons (Fsp3) is 0.750. The zero-order valence-electron chi connectivity index (χ0n) is 11.4. The molecule has 0 bridgehead atoms. The summed E-state index contributed by atoms with van der Waals surface area (Å²) in [5, 5.41) is 10.9. The molecule has 0 rings (SSSR count). The number of urea groups is 1. The predicted octanol–water partition coefficient (Wildman–Crippen LogP) is 1.46. The first-order chi connectivity index (χ1) is 8.18. The van der Waals surface area contributed by atoms with Crippen LogP contribution in [-0.4, -0.2) is 41.5 Å². The van der Waals surface area contributed by atoms with Gasteiger partial charge in [0.1, 0.15) is 0 Å². The Labute approximate surface area is 107 Å². The second kappa shape index (κ2) is 6.98. The van der Waals surface area contributed by atoms with Crippen molar-refractivity contribution in [3.8, 4) is 0 Å². The van der Waals surface area contributed by atoms with Gasteiger partial charge in [-0.25, -0.2) is 4.79 Å². The normalized spacial score (nSPS) is 10.9. The number of rotatable bonds is 6. The molecule has 0 heterocycles. The van der Waals surface area contributed by atoms with Gasteiger partial charge in [-0.05, 0) is 11.8 Å². The largest absolute Gasteiger partial charge is 0.481 e. The molecule has 0 aliphatic heterocycles. The average Bonchev–Trinajstić information content (AvgIpc) is 2.13. The first-order valence-electron chi connectivity index (χ1n) is 5.94. The van der Waals surface area contributed by atoms with E-state index in [-0.39, 0.29) is 12.8 Å². The topological polar surface area (TPSA) is 86.7 Å². The molecule has 2 N–H and O–H groups in total. The van der Waals surface area contributed by atoms with Crippen LogP contribution in [0.15, 0.2) is 0 Å². The summed E-state index contributed by atoms with van der Waals surface area (Å²) in [5.41, 5.74) is -0.667. The highest BCUT2D eigenvalue weighted by Gasteiger charge is 2.26. The minimum Gasteiger partial charge on any atom is -0.481 e. The Hall–Kier alpha value is -1.59. The van der Waals surface area contributed by atoms with E-state index in [9.17, 15) is 14.4 Å². The van der Waals surface area contributed by atoms with Crippen molar-refractivity contribution in [2.45, 2.75) is 40.0 Å². The Kier molecular flexibility index (Phi) is 6.36. The molecule has 18 heavy (non-hydrogen) atoms. The standard InChI is InChI=1S/C12H22N2O4/c1-5-6-14(4)11(18)13-9(15)7-12(2,3)8-10(16)17/h5-8H2,1-4H3,(H,16,17)(H,13,15,18). The highest BCUT2D eigenvalue weighted by atomic mass is 16.4. The van der Waals surface area contributed by atoms with Crippen molar-refractivity contribution in [2.75, 3.05) is 13.6 Å². The maximum absolute atomic E-state index is 11.6. The number of hydrogen-bond donors (Lipinski definition) is 2. The average molecular weight is 258 g/mol. The Bertz CT molecular complexity index is 326. The van der Waals surface area contributed by atoms with E-state index in [1.165, 1.54) is 4.90 Å². The maximum Gasteiger partial charge on any atom is 0.323 e. The summed E-state index contributed by atoms with van der Waals surface area (Å²) in [7, 11) is 1.61. The number of imide groups is 1. The summed E-state index contributed by atoms with van der Waals surface area (Å²) in [4.78, 5) is 35.2. The number of carbonyl (C=O) groups excluding carboxylic acids is 2. The SMILES string of the molecule is CCCN(C)C(=O)NC(=O)CC(C)(C)CC(=O)O. The van der Waals surface area contributed by atoms with Crippen molar-refractivity contribution < 1.29 is 19.5 Å². The van der Waals surface area contributed by atoms with E-state index in [0.29, 0.717) is 6.54 Å². The Morgan fingerprint density at radius 2 is 1.78 bits per heavy atom. The van der Waals surface area contributed by atoms with Crippen LogP contribution >= 0.6 is 0 Å². The second-order valence-electron chi connectivity index (χ2n) is 5.19. The van der Waals surface area contributed by atoms with Gasteiger partial charge in [0.25, 0.3) is 0 Å². The maximum atomic E-state index is 11.6. The fourth-order valence-electron chi connectivity index (χ4n) is 1.60. The molecule has 3 amide bonds. The van der Waals surface area contributed by atoms with Crippen molar-refractivity contribution in [3.63, 3.8) is 0 Å². The van der Waals surface area contributed by atoms with Crippen LogP contribution in [0.3, 0.4) is 0 Å². The second-order valence-corrected chi connectivity index (χ2v) is 5.19. The highest BCUT2D eigenvalue weighted by molar-refractivity contribution is 5.94. The van der Waals surface area contributed by atoms with Crippen LogP contribution in [0.25, 0.3) is 0 Å². The lowest BCUT2D eigenvalue weighted by atomic mass is 9.85. The molecule has 6 heteroatoms. The number of carboxylic acids is 1. The molecular formula is C12H22N2O4. The zero-order chi connectivity index (χ0) is 14.3. The van der Waals surface area contributed by atoms with E-state index in [0.717, 1.165) is 6.42 Å². The number of amides is 3. The van der Waals surface area contributed by atoms with Gasteiger partial charge in [-0.2, -0.15) is 0 Å². The molecule has 0 saturated carbocycles. The van der Waals surface area contributed by atoms with Crippen molar-refractivity contribution >= 4 is 17.9 Å². The lowest BCUT2D eigenvalue weighted by molar-refractivity contribution is -0.139. The number of aliphatic carboxylic acids is 1. The molecule has 0 saturated heterocycles. The van der Waals surface area contributed by atoms with Crippen molar-refractivity contribution in [2.24, 2.45) is 5.41 Å². The fourth-order valence-corrected chi connectivity index (χ4v) is 1.60. The summed E-state index contributed by atoms with van der Waals surface area (Å²) < 4.78 is 0. The van der Waals surface area contributed by atoms with Crippen molar-refractivity contribution in [1.29, 1.82) is 0 Å². The van der Waals surface area contributed by atoms with E-state index in [1.54, 1.807) is 20.9 Å². The van der Waals surface area contributed by atoms with E-state index >= 15 is 0 Å². The monoisotopic (exact) mass is 258 g/mol. The smallest absolute Gasteiger partial charge is 0.323 e. The molecule has 104 valence electrons. The van der Waals surface area contributed by atoms with Gasteiger partial charge in [-0.15, -0.1) is 0 Å². The third kappa shape index (κ3) is 6.88. The van der Waals surface area contributed by atoms with Crippen LogP contribution in [0.1, 0.15) is 40.0 Å². The van der Waals surface area contributed by atoms with E-state index in [4.69, 9.17) is 5.11 Å².